The van der Waals surface area contributed by atoms with E-state index in [0.717, 1.165) is 22.9 Å². The van der Waals surface area contributed by atoms with E-state index in [-0.39, 0.29) is 29.8 Å². The first-order valence-corrected chi connectivity index (χ1v) is 10.1. The predicted molar refractivity (Wildman–Crippen MR) is 110 cm³/mol. The summed E-state index contributed by atoms with van der Waals surface area (Å²) in [5, 5.41) is 2.09. The third-order valence-electron chi connectivity index (χ3n) is 5.77. The predicted octanol–water partition coefficient (Wildman–Crippen LogP) is 3.66. The Morgan fingerprint density at radius 2 is 1.28 bits per heavy atom. The van der Waals surface area contributed by atoms with Gasteiger partial charge in [0.05, 0.1) is 14.2 Å². The molecule has 1 aliphatic carbocycles. The molecule has 0 radical (unpaired) electrons. The summed E-state index contributed by atoms with van der Waals surface area (Å²) in [6.07, 6.45) is 0.430. The van der Waals surface area contributed by atoms with E-state index in [1.54, 1.807) is 14.2 Å². The first-order valence-electron chi connectivity index (χ1n) is 9.32. The lowest BCUT2D eigenvalue weighted by atomic mass is 9.65. The Morgan fingerprint density at radius 3 is 1.62 bits per heavy atom. The highest BCUT2D eigenvalue weighted by molar-refractivity contribution is 8.16. The van der Waals surface area contributed by atoms with E-state index in [2.05, 4.69) is 5.32 Å². The van der Waals surface area contributed by atoms with Crippen LogP contribution in [-0.4, -0.2) is 35.9 Å². The molecule has 2 aliphatic rings. The van der Waals surface area contributed by atoms with Gasteiger partial charge in [0.2, 0.25) is 5.91 Å². The van der Waals surface area contributed by atoms with Crippen LogP contribution >= 0.6 is 11.8 Å². The molecule has 1 saturated heterocycles. The van der Waals surface area contributed by atoms with Gasteiger partial charge in [-0.25, -0.2) is 0 Å². The first kappa shape index (κ1) is 19.5. The molecule has 0 aromatic heterocycles. The summed E-state index contributed by atoms with van der Waals surface area (Å²) in [4.78, 5) is 38.2. The van der Waals surface area contributed by atoms with Crippen molar-refractivity contribution in [2.75, 3.05) is 14.2 Å². The van der Waals surface area contributed by atoms with Crippen molar-refractivity contribution < 1.29 is 23.9 Å². The van der Waals surface area contributed by atoms with Crippen LogP contribution in [0.4, 0.5) is 4.79 Å². The Hall–Kier alpha value is -2.80. The fourth-order valence-corrected chi connectivity index (χ4v) is 5.68. The van der Waals surface area contributed by atoms with E-state index in [1.165, 1.54) is 0 Å². The lowest BCUT2D eigenvalue weighted by molar-refractivity contribution is -0.127. The number of carbonyl (C=O) groups is 3. The molecular formula is C22H21NO5S. The minimum atomic E-state index is -1.08. The van der Waals surface area contributed by atoms with Crippen LogP contribution in [0.5, 0.6) is 11.5 Å². The average molecular weight is 411 g/mol. The van der Waals surface area contributed by atoms with Gasteiger partial charge in [-0.2, -0.15) is 0 Å². The molecule has 2 aromatic carbocycles. The molecular weight excluding hydrogens is 390 g/mol. The number of imide groups is 1. The minimum absolute atomic E-state index is 0.0741. The average Bonchev–Trinajstić information content (AvgIpc) is 3.04. The fourth-order valence-electron chi connectivity index (χ4n) is 4.36. The molecule has 29 heavy (non-hydrogen) atoms. The molecule has 150 valence electrons. The van der Waals surface area contributed by atoms with Gasteiger partial charge < -0.3 is 9.47 Å². The van der Waals surface area contributed by atoms with Crippen LogP contribution in [0.15, 0.2) is 48.5 Å². The van der Waals surface area contributed by atoms with E-state index in [1.807, 2.05) is 48.5 Å². The molecule has 2 fully saturated rings. The summed E-state index contributed by atoms with van der Waals surface area (Å²) < 4.78 is 9.38. The number of ketones is 1. The monoisotopic (exact) mass is 411 g/mol. The van der Waals surface area contributed by atoms with Crippen LogP contribution in [0, 0.1) is 0 Å². The van der Waals surface area contributed by atoms with Crippen LogP contribution in [0.2, 0.25) is 0 Å². The third kappa shape index (κ3) is 3.29. The number of benzene rings is 2. The van der Waals surface area contributed by atoms with Crippen LogP contribution in [0.1, 0.15) is 35.8 Å². The van der Waals surface area contributed by atoms with Crippen LogP contribution in [-0.2, 0) is 9.59 Å². The second-order valence-corrected chi connectivity index (χ2v) is 8.49. The smallest absolute Gasteiger partial charge is 0.286 e. The van der Waals surface area contributed by atoms with Crippen molar-refractivity contribution in [2.45, 2.75) is 29.4 Å². The second kappa shape index (κ2) is 7.55. The molecule has 2 aromatic rings. The van der Waals surface area contributed by atoms with E-state index in [9.17, 15) is 14.4 Å². The molecule has 7 heteroatoms. The standard InChI is InChI=1S/C22H21NO5S/c1-27-16-7-3-13(4-8-16)18-11-15(24)12-19(14-5-9-17(28-2)10-6-14)22(18)20(25)23-21(26)29-22/h3-10,18-19H,11-12H2,1-2H3,(H,23,25,26). The van der Waals surface area contributed by atoms with Crippen molar-refractivity contribution >= 4 is 28.7 Å². The molecule has 4 rings (SSSR count). The van der Waals surface area contributed by atoms with Crippen molar-refractivity contribution in [3.05, 3.63) is 59.7 Å². The third-order valence-corrected chi connectivity index (χ3v) is 7.15. The lowest BCUT2D eigenvalue weighted by Gasteiger charge is -2.43. The molecule has 6 nitrogen and oxygen atoms in total. The number of ether oxygens (including phenoxy) is 2. The number of hydrogen-bond acceptors (Lipinski definition) is 6. The van der Waals surface area contributed by atoms with Gasteiger partial charge >= 0.3 is 0 Å². The Kier molecular flexibility index (Phi) is 5.08. The summed E-state index contributed by atoms with van der Waals surface area (Å²) in [6.45, 7) is 0. The van der Waals surface area contributed by atoms with Crippen LogP contribution < -0.4 is 14.8 Å². The summed E-state index contributed by atoms with van der Waals surface area (Å²) in [6, 6.07) is 14.7. The highest BCUT2D eigenvalue weighted by Gasteiger charge is 2.61. The summed E-state index contributed by atoms with van der Waals surface area (Å²) in [7, 11) is 3.17. The normalized spacial score (nSPS) is 26.5. The minimum Gasteiger partial charge on any atom is -0.497 e. The zero-order valence-corrected chi connectivity index (χ0v) is 17.0. The molecule has 1 heterocycles. The van der Waals surface area contributed by atoms with Gasteiger partial charge in [-0.05, 0) is 47.2 Å². The van der Waals surface area contributed by atoms with Gasteiger partial charge in [0, 0.05) is 24.7 Å². The highest BCUT2D eigenvalue weighted by atomic mass is 32.2. The molecule has 0 bridgehead atoms. The van der Waals surface area contributed by atoms with E-state index in [4.69, 9.17) is 9.47 Å². The summed E-state index contributed by atoms with van der Waals surface area (Å²) >= 11 is 1.01. The van der Waals surface area contributed by atoms with Gasteiger partial charge in [0.1, 0.15) is 22.0 Å². The summed E-state index contributed by atoms with van der Waals surface area (Å²) in [5.41, 5.74) is 1.68. The molecule has 1 saturated carbocycles. The molecule has 1 spiro atoms. The Morgan fingerprint density at radius 1 is 0.828 bits per heavy atom. The first-order chi connectivity index (χ1) is 14.0. The quantitative estimate of drug-likeness (QED) is 0.827. The van der Waals surface area contributed by atoms with Crippen molar-refractivity contribution in [2.24, 2.45) is 0 Å². The largest absolute Gasteiger partial charge is 0.497 e. The Balaban J connectivity index is 1.83. The van der Waals surface area contributed by atoms with Gasteiger partial charge in [-0.1, -0.05) is 24.3 Å². The zero-order valence-electron chi connectivity index (χ0n) is 16.1. The van der Waals surface area contributed by atoms with E-state index in [0.29, 0.717) is 11.5 Å². The Bertz CT molecular complexity index is 895. The van der Waals surface area contributed by atoms with Gasteiger partial charge in [0.15, 0.2) is 0 Å². The highest BCUT2D eigenvalue weighted by Crippen LogP contribution is 2.57. The van der Waals surface area contributed by atoms with Gasteiger partial charge in [-0.3, -0.25) is 19.7 Å². The SMILES string of the molecule is COc1ccc(C2CC(=O)CC(c3ccc(OC)cc3)C23SC(=O)NC3=O)cc1. The van der Waals surface area contributed by atoms with Gasteiger partial charge in [0.25, 0.3) is 5.24 Å². The molecule has 2 atom stereocenters. The zero-order chi connectivity index (χ0) is 20.6. The number of methoxy groups -OCH3 is 2. The molecule has 1 aliphatic heterocycles. The van der Waals surface area contributed by atoms with Crippen molar-refractivity contribution in [1.29, 1.82) is 0 Å². The maximum Gasteiger partial charge on any atom is 0.286 e. The topological polar surface area (TPSA) is 81.7 Å². The second-order valence-electron chi connectivity index (χ2n) is 7.24. The van der Waals surface area contributed by atoms with Crippen LogP contribution in [0.25, 0.3) is 0 Å². The van der Waals surface area contributed by atoms with E-state index >= 15 is 0 Å². The number of nitrogens with one attached hydrogen (secondary N) is 1. The maximum absolute atomic E-state index is 13.2. The molecule has 2 unspecified atom stereocenters. The van der Waals surface area contributed by atoms with Crippen molar-refractivity contribution in [1.82, 2.24) is 5.32 Å². The number of hydrogen-bond donors (Lipinski definition) is 1. The number of rotatable bonds is 4. The Labute approximate surface area is 173 Å². The number of thioether (sulfide) groups is 1. The number of carbonyl (C=O) groups excluding carboxylic acids is 3. The maximum atomic E-state index is 13.2. The van der Waals surface area contributed by atoms with Gasteiger partial charge in [-0.15, -0.1) is 0 Å². The van der Waals surface area contributed by atoms with Crippen LogP contribution in [0.3, 0.4) is 0 Å². The molecule has 1 N–H and O–H groups in total. The number of Topliss-reactive ketones (excluding diaryl/α,β-unsaturated/α-hetero) is 1. The lowest BCUT2D eigenvalue weighted by Crippen LogP contribution is -2.51. The van der Waals surface area contributed by atoms with E-state index < -0.39 is 16.6 Å². The van der Waals surface area contributed by atoms with Crippen molar-refractivity contribution in [3.8, 4) is 11.5 Å². The summed E-state index contributed by atoms with van der Waals surface area (Å²) in [5.74, 6) is 0.288. The number of amides is 2. The fraction of sp³-hybridized carbons (Fsp3) is 0.318. The molecule has 2 amide bonds. The van der Waals surface area contributed by atoms with Crippen molar-refractivity contribution in [3.63, 3.8) is 0 Å².